The minimum atomic E-state index is -0.384. The van der Waals surface area contributed by atoms with Gasteiger partial charge in [-0.1, -0.05) is 19.9 Å². The second kappa shape index (κ2) is 9.23. The minimum Gasteiger partial charge on any atom is -0.370 e. The topological polar surface area (TPSA) is 104 Å². The van der Waals surface area contributed by atoms with Crippen molar-refractivity contribution in [2.75, 3.05) is 5.32 Å². The zero-order valence-electron chi connectivity index (χ0n) is 21.8. The van der Waals surface area contributed by atoms with E-state index in [1.54, 1.807) is 0 Å². The Hall–Kier alpha value is -2.98. The third-order valence-electron chi connectivity index (χ3n) is 7.16. The molecule has 0 saturated carbocycles. The van der Waals surface area contributed by atoms with Crippen LogP contribution in [0.15, 0.2) is 24.4 Å². The molecule has 1 aliphatic heterocycles. The van der Waals surface area contributed by atoms with E-state index in [2.05, 4.69) is 62.9 Å². The van der Waals surface area contributed by atoms with Gasteiger partial charge in [-0.2, -0.15) is 5.26 Å². The second-order valence-electron chi connectivity index (χ2n) is 12.0. The number of H-pyrrole nitrogens is 1. The van der Waals surface area contributed by atoms with Gasteiger partial charge in [0.15, 0.2) is 5.82 Å². The zero-order chi connectivity index (χ0) is 25.4. The maximum Gasteiger partial charge on any atom is 0.291 e. The normalized spacial score (nSPS) is 23.0. The van der Waals surface area contributed by atoms with Gasteiger partial charge in [-0.15, -0.1) is 0 Å². The maximum atomic E-state index is 12.9. The summed E-state index contributed by atoms with van der Waals surface area (Å²) in [6, 6.07) is 5.97. The number of aromatic nitrogens is 3. The summed E-state index contributed by atoms with van der Waals surface area (Å²) in [5, 5.41) is 12.0. The molecule has 2 aromatic rings. The third kappa shape index (κ3) is 5.99. The number of carbonyl (C=O) groups is 1. The fourth-order valence-electron chi connectivity index (χ4n) is 5.32. The van der Waals surface area contributed by atoms with Crippen molar-refractivity contribution in [3.8, 4) is 6.07 Å². The molecule has 1 fully saturated rings. The van der Waals surface area contributed by atoms with Crippen LogP contribution in [0.4, 0.5) is 5.69 Å². The van der Waals surface area contributed by atoms with Crippen molar-refractivity contribution in [1.29, 1.82) is 5.26 Å². The van der Waals surface area contributed by atoms with Crippen LogP contribution in [0, 0.1) is 16.7 Å². The Morgan fingerprint density at radius 1 is 1.17 bits per heavy atom. The molecule has 2 aliphatic rings. The highest BCUT2D eigenvalue weighted by atomic mass is 16.5. The van der Waals surface area contributed by atoms with Gasteiger partial charge in [0.05, 0.1) is 28.8 Å². The molecule has 1 saturated heterocycles. The predicted molar refractivity (Wildman–Crippen MR) is 137 cm³/mol. The van der Waals surface area contributed by atoms with E-state index in [0.717, 1.165) is 49.9 Å². The molecule has 1 atom stereocenters. The average molecular weight is 476 g/mol. The van der Waals surface area contributed by atoms with E-state index in [-0.39, 0.29) is 40.0 Å². The van der Waals surface area contributed by atoms with Crippen LogP contribution in [0.25, 0.3) is 5.57 Å². The molecule has 7 nitrogen and oxygen atoms in total. The Morgan fingerprint density at radius 3 is 2.60 bits per heavy atom. The Kier molecular flexibility index (Phi) is 6.63. The molecule has 186 valence electrons. The van der Waals surface area contributed by atoms with Gasteiger partial charge in [-0.25, -0.2) is 4.98 Å². The summed E-state index contributed by atoms with van der Waals surface area (Å²) < 4.78 is 6.41. The number of amides is 1. The standard InChI is InChI=1S/C28H37N5O2/c1-26(2)12-9-18(10-13-26)23-22(33-25(34)24-30-17-20(16-29)31-24)8-7-21(32-23)19-11-14-27(3,4)35-28(5,6)15-19/h7-9,17,19H,10-15H2,1-6H3,(H,30,31)(H,33,34). The number of nitrogens with one attached hydrogen (secondary N) is 2. The van der Waals surface area contributed by atoms with E-state index >= 15 is 0 Å². The molecule has 7 heteroatoms. The fourth-order valence-corrected chi connectivity index (χ4v) is 5.32. The first-order chi connectivity index (χ1) is 16.4. The summed E-state index contributed by atoms with van der Waals surface area (Å²) in [5.41, 5.74) is 3.82. The van der Waals surface area contributed by atoms with Crippen LogP contribution < -0.4 is 5.32 Å². The molecule has 35 heavy (non-hydrogen) atoms. The molecule has 2 aromatic heterocycles. The van der Waals surface area contributed by atoms with Gasteiger partial charge in [0, 0.05) is 11.6 Å². The number of nitriles is 1. The molecule has 0 aromatic carbocycles. The van der Waals surface area contributed by atoms with E-state index in [9.17, 15) is 4.79 Å². The Balaban J connectivity index is 1.68. The molecule has 3 heterocycles. The lowest BCUT2D eigenvalue weighted by molar-refractivity contribution is -0.118. The first-order valence-electron chi connectivity index (χ1n) is 12.5. The molecular formula is C28H37N5O2. The summed E-state index contributed by atoms with van der Waals surface area (Å²) in [6.07, 6.45) is 9.46. The van der Waals surface area contributed by atoms with Gasteiger partial charge in [0.2, 0.25) is 0 Å². The Labute approximate surface area is 208 Å². The van der Waals surface area contributed by atoms with E-state index in [4.69, 9.17) is 15.0 Å². The first-order valence-corrected chi connectivity index (χ1v) is 12.5. The lowest BCUT2D eigenvalue weighted by Crippen LogP contribution is -2.35. The molecule has 1 aliphatic carbocycles. The fraction of sp³-hybridized carbons (Fsp3) is 0.571. The number of hydrogen-bond donors (Lipinski definition) is 2. The highest BCUT2D eigenvalue weighted by molar-refractivity contribution is 6.03. The van der Waals surface area contributed by atoms with E-state index in [1.807, 2.05) is 18.2 Å². The van der Waals surface area contributed by atoms with Crippen LogP contribution >= 0.6 is 0 Å². The number of allylic oxidation sites excluding steroid dienone is 2. The van der Waals surface area contributed by atoms with E-state index < -0.39 is 0 Å². The molecule has 0 spiro atoms. The molecule has 2 N–H and O–H groups in total. The molecular weight excluding hydrogens is 438 g/mol. The Bertz CT molecular complexity index is 1180. The molecule has 1 amide bonds. The smallest absolute Gasteiger partial charge is 0.291 e. The van der Waals surface area contributed by atoms with Gasteiger partial charge in [0.1, 0.15) is 11.8 Å². The van der Waals surface area contributed by atoms with Gasteiger partial charge in [-0.05, 0) is 89.3 Å². The average Bonchev–Trinajstić information content (AvgIpc) is 3.22. The molecule has 0 radical (unpaired) electrons. The minimum absolute atomic E-state index is 0.111. The van der Waals surface area contributed by atoms with Crippen LogP contribution in [-0.2, 0) is 4.74 Å². The number of pyridine rings is 1. The highest BCUT2D eigenvalue weighted by Crippen LogP contribution is 2.43. The number of carbonyl (C=O) groups excluding carboxylic acids is 1. The van der Waals surface area contributed by atoms with Crippen molar-refractivity contribution < 1.29 is 9.53 Å². The van der Waals surface area contributed by atoms with Crippen molar-refractivity contribution in [2.45, 2.75) is 97.2 Å². The second-order valence-corrected chi connectivity index (χ2v) is 12.0. The summed E-state index contributed by atoms with van der Waals surface area (Å²) in [4.78, 5) is 24.8. The molecule has 1 unspecified atom stereocenters. The number of ether oxygens (including phenoxy) is 1. The van der Waals surface area contributed by atoms with Crippen LogP contribution in [0.1, 0.15) is 114 Å². The third-order valence-corrected chi connectivity index (χ3v) is 7.16. The Morgan fingerprint density at radius 2 is 1.94 bits per heavy atom. The van der Waals surface area contributed by atoms with Gasteiger partial charge in [0.25, 0.3) is 5.91 Å². The van der Waals surface area contributed by atoms with Crippen molar-refractivity contribution in [3.05, 3.63) is 47.3 Å². The number of nitrogens with zero attached hydrogens (tertiary/aromatic N) is 3. The monoisotopic (exact) mass is 475 g/mol. The summed E-state index contributed by atoms with van der Waals surface area (Å²) in [7, 11) is 0. The molecule has 0 bridgehead atoms. The van der Waals surface area contributed by atoms with E-state index in [0.29, 0.717) is 5.69 Å². The van der Waals surface area contributed by atoms with Crippen molar-refractivity contribution in [1.82, 2.24) is 15.0 Å². The summed E-state index contributed by atoms with van der Waals surface area (Å²) in [6.45, 7) is 13.2. The van der Waals surface area contributed by atoms with Gasteiger partial charge < -0.3 is 15.0 Å². The van der Waals surface area contributed by atoms with Crippen molar-refractivity contribution in [2.24, 2.45) is 5.41 Å². The number of hydrogen-bond acceptors (Lipinski definition) is 5. The van der Waals surface area contributed by atoms with Crippen molar-refractivity contribution in [3.63, 3.8) is 0 Å². The van der Waals surface area contributed by atoms with Crippen molar-refractivity contribution >= 4 is 17.2 Å². The largest absolute Gasteiger partial charge is 0.370 e. The number of aromatic amines is 1. The van der Waals surface area contributed by atoms with Gasteiger partial charge in [-0.3, -0.25) is 9.78 Å². The van der Waals surface area contributed by atoms with Gasteiger partial charge >= 0.3 is 0 Å². The number of imidazole rings is 1. The van der Waals surface area contributed by atoms with Crippen LogP contribution in [0.2, 0.25) is 0 Å². The van der Waals surface area contributed by atoms with Crippen LogP contribution in [-0.4, -0.2) is 32.1 Å². The zero-order valence-corrected chi connectivity index (χ0v) is 21.8. The van der Waals surface area contributed by atoms with E-state index in [1.165, 1.54) is 11.8 Å². The number of anilines is 1. The summed E-state index contributed by atoms with van der Waals surface area (Å²) in [5.74, 6) is 0.00388. The number of rotatable bonds is 4. The molecule has 4 rings (SSSR count). The quantitative estimate of drug-likeness (QED) is 0.535. The van der Waals surface area contributed by atoms with Crippen LogP contribution in [0.3, 0.4) is 0 Å². The first kappa shape index (κ1) is 25.1. The highest BCUT2D eigenvalue weighted by Gasteiger charge is 2.37. The lowest BCUT2D eigenvalue weighted by atomic mass is 9.77. The SMILES string of the molecule is CC1(C)CC=C(c2nc(C3CCC(C)(C)OC(C)(C)C3)ccc2NC(=O)c2ncc(C#N)[nH]2)CC1. The maximum absolute atomic E-state index is 12.9. The lowest BCUT2D eigenvalue weighted by Gasteiger charge is -2.33. The predicted octanol–water partition coefficient (Wildman–Crippen LogP) is 6.36. The summed E-state index contributed by atoms with van der Waals surface area (Å²) >= 11 is 0. The van der Waals surface area contributed by atoms with Crippen LogP contribution in [0.5, 0.6) is 0 Å².